The third kappa shape index (κ3) is 3.56. The molecule has 0 aromatic carbocycles. The molecule has 1 aromatic rings. The minimum atomic E-state index is -0.806. The van der Waals surface area contributed by atoms with Crippen LogP contribution in [0.15, 0.2) is 5.38 Å². The van der Waals surface area contributed by atoms with Crippen LogP contribution < -0.4 is 5.32 Å². The van der Waals surface area contributed by atoms with E-state index in [4.69, 9.17) is 5.11 Å². The molecule has 20 heavy (non-hydrogen) atoms. The van der Waals surface area contributed by atoms with Gasteiger partial charge in [0.05, 0.1) is 5.54 Å². The summed E-state index contributed by atoms with van der Waals surface area (Å²) in [5.74, 6) is -0.804. The fourth-order valence-corrected chi connectivity index (χ4v) is 3.40. The van der Waals surface area contributed by atoms with E-state index in [-0.39, 0.29) is 17.9 Å². The maximum absolute atomic E-state index is 12.0. The predicted molar refractivity (Wildman–Crippen MR) is 76.6 cm³/mol. The van der Waals surface area contributed by atoms with Crippen molar-refractivity contribution in [2.75, 3.05) is 0 Å². The Labute approximate surface area is 122 Å². The molecule has 2 rings (SSSR count). The van der Waals surface area contributed by atoms with Gasteiger partial charge in [-0.25, -0.2) is 4.98 Å². The Bertz CT molecular complexity index is 494. The lowest BCUT2D eigenvalue weighted by Gasteiger charge is -2.40. The lowest BCUT2D eigenvalue weighted by molar-refractivity contribution is -0.137. The summed E-state index contributed by atoms with van der Waals surface area (Å²) in [4.78, 5) is 26.9. The normalized spacial score (nSPS) is 16.4. The molecule has 6 heteroatoms. The van der Waals surface area contributed by atoms with Gasteiger partial charge in [0.15, 0.2) is 0 Å². The molecule has 5 nitrogen and oxygen atoms in total. The summed E-state index contributed by atoms with van der Waals surface area (Å²) in [6.45, 7) is 1.96. The van der Waals surface area contributed by atoms with Crippen molar-refractivity contribution in [3.63, 3.8) is 0 Å². The van der Waals surface area contributed by atoms with Crippen molar-refractivity contribution in [3.05, 3.63) is 16.1 Å². The molecule has 2 N–H and O–H groups in total. The fourth-order valence-electron chi connectivity index (χ4n) is 2.39. The van der Waals surface area contributed by atoms with E-state index in [0.29, 0.717) is 19.3 Å². The number of carbonyl (C=O) groups is 2. The van der Waals surface area contributed by atoms with E-state index in [2.05, 4.69) is 10.3 Å². The molecule has 1 aliphatic rings. The number of thiazole rings is 1. The number of aliphatic carboxylic acids is 1. The standard InChI is InChI=1S/C14H20N2O3S/c1-10-9-20-13(15-10)14(7-4-8-14)16-11(17)5-2-3-6-12(18)19/h9H,2-8H2,1H3,(H,16,17)(H,18,19). The summed E-state index contributed by atoms with van der Waals surface area (Å²) in [5.41, 5.74) is 0.731. The number of aryl methyl sites for hydroxylation is 1. The number of hydrogen-bond acceptors (Lipinski definition) is 4. The summed E-state index contributed by atoms with van der Waals surface area (Å²) >= 11 is 1.60. The van der Waals surface area contributed by atoms with Crippen LogP contribution >= 0.6 is 11.3 Å². The third-order valence-electron chi connectivity index (χ3n) is 3.66. The first-order valence-electron chi connectivity index (χ1n) is 6.97. The number of carboxylic acid groups (broad SMARTS) is 1. The lowest BCUT2D eigenvalue weighted by Crippen LogP contribution is -2.50. The van der Waals surface area contributed by atoms with Gasteiger partial charge in [-0.1, -0.05) is 0 Å². The van der Waals surface area contributed by atoms with Gasteiger partial charge >= 0.3 is 5.97 Å². The average molecular weight is 296 g/mol. The number of nitrogens with zero attached hydrogens (tertiary/aromatic N) is 1. The summed E-state index contributed by atoms with van der Waals surface area (Å²) in [7, 11) is 0. The molecule has 0 spiro atoms. The highest BCUT2D eigenvalue weighted by molar-refractivity contribution is 7.09. The molecule has 0 radical (unpaired) electrons. The van der Waals surface area contributed by atoms with E-state index in [9.17, 15) is 9.59 Å². The van der Waals surface area contributed by atoms with E-state index in [1.54, 1.807) is 11.3 Å². The number of carbonyl (C=O) groups excluding carboxylic acids is 1. The fraction of sp³-hybridized carbons (Fsp3) is 0.643. The molecular formula is C14H20N2O3S. The molecule has 1 heterocycles. The topological polar surface area (TPSA) is 79.3 Å². The number of carboxylic acids is 1. The van der Waals surface area contributed by atoms with E-state index in [0.717, 1.165) is 30.0 Å². The summed E-state index contributed by atoms with van der Waals surface area (Å²) in [6, 6.07) is 0. The number of nitrogens with one attached hydrogen (secondary N) is 1. The lowest BCUT2D eigenvalue weighted by atomic mass is 9.77. The van der Waals surface area contributed by atoms with Crippen molar-refractivity contribution in [1.29, 1.82) is 0 Å². The van der Waals surface area contributed by atoms with Crippen molar-refractivity contribution in [3.8, 4) is 0 Å². The first kappa shape index (κ1) is 15.0. The number of rotatable bonds is 7. The van der Waals surface area contributed by atoms with Crippen LogP contribution in [0.3, 0.4) is 0 Å². The van der Waals surface area contributed by atoms with Gasteiger partial charge in [-0.2, -0.15) is 0 Å². The Hall–Kier alpha value is -1.43. The average Bonchev–Trinajstić information content (AvgIpc) is 2.76. The van der Waals surface area contributed by atoms with Crippen molar-refractivity contribution < 1.29 is 14.7 Å². The van der Waals surface area contributed by atoms with Gasteiger partial charge in [0.2, 0.25) is 5.91 Å². The van der Waals surface area contributed by atoms with Crippen LogP contribution in [-0.4, -0.2) is 22.0 Å². The Morgan fingerprint density at radius 3 is 2.60 bits per heavy atom. The summed E-state index contributed by atoms with van der Waals surface area (Å²) < 4.78 is 0. The van der Waals surface area contributed by atoms with E-state index >= 15 is 0 Å². The number of unbranched alkanes of at least 4 members (excludes halogenated alkanes) is 1. The molecule has 0 saturated heterocycles. The Balaban J connectivity index is 1.84. The first-order valence-corrected chi connectivity index (χ1v) is 7.85. The molecule has 1 amide bonds. The highest BCUT2D eigenvalue weighted by atomic mass is 32.1. The maximum atomic E-state index is 12.0. The zero-order valence-corrected chi connectivity index (χ0v) is 12.5. The zero-order chi connectivity index (χ0) is 14.6. The van der Waals surface area contributed by atoms with Crippen molar-refractivity contribution >= 4 is 23.2 Å². The quantitative estimate of drug-likeness (QED) is 0.758. The largest absolute Gasteiger partial charge is 0.481 e. The van der Waals surface area contributed by atoms with Crippen LogP contribution in [0.5, 0.6) is 0 Å². The molecule has 0 atom stereocenters. The van der Waals surface area contributed by atoms with Crippen molar-refractivity contribution in [2.24, 2.45) is 0 Å². The van der Waals surface area contributed by atoms with Crippen LogP contribution in [0.25, 0.3) is 0 Å². The number of aromatic nitrogens is 1. The van der Waals surface area contributed by atoms with Crippen LogP contribution in [0.1, 0.15) is 55.6 Å². The van der Waals surface area contributed by atoms with Gasteiger partial charge < -0.3 is 10.4 Å². The van der Waals surface area contributed by atoms with Crippen molar-refractivity contribution in [1.82, 2.24) is 10.3 Å². The first-order chi connectivity index (χ1) is 9.52. The van der Waals surface area contributed by atoms with Gasteiger partial charge in [-0.15, -0.1) is 11.3 Å². The van der Waals surface area contributed by atoms with Gasteiger partial charge in [0.25, 0.3) is 0 Å². The maximum Gasteiger partial charge on any atom is 0.303 e. The molecule has 110 valence electrons. The van der Waals surface area contributed by atoms with E-state index < -0.39 is 5.97 Å². The van der Waals surface area contributed by atoms with Gasteiger partial charge in [-0.05, 0) is 39.0 Å². The predicted octanol–water partition coefficient (Wildman–Crippen LogP) is 2.59. The molecule has 1 saturated carbocycles. The van der Waals surface area contributed by atoms with Crippen LogP contribution in [0.4, 0.5) is 0 Å². The minimum Gasteiger partial charge on any atom is -0.481 e. The molecular weight excluding hydrogens is 276 g/mol. The smallest absolute Gasteiger partial charge is 0.303 e. The molecule has 0 unspecified atom stereocenters. The highest BCUT2D eigenvalue weighted by Gasteiger charge is 2.42. The zero-order valence-electron chi connectivity index (χ0n) is 11.6. The summed E-state index contributed by atoms with van der Waals surface area (Å²) in [5, 5.41) is 14.7. The SMILES string of the molecule is Cc1csc(C2(NC(=O)CCCCC(=O)O)CCC2)n1. The van der Waals surface area contributed by atoms with Gasteiger partial charge in [-0.3, -0.25) is 9.59 Å². The second-order valence-electron chi connectivity index (χ2n) is 5.38. The van der Waals surface area contributed by atoms with Crippen LogP contribution in [-0.2, 0) is 15.1 Å². The molecule has 1 aliphatic carbocycles. The number of amides is 1. The molecule has 0 aliphatic heterocycles. The number of hydrogen-bond donors (Lipinski definition) is 2. The van der Waals surface area contributed by atoms with Crippen molar-refractivity contribution in [2.45, 2.75) is 57.4 Å². The Morgan fingerprint density at radius 2 is 2.10 bits per heavy atom. The second kappa shape index (κ2) is 6.35. The third-order valence-corrected chi connectivity index (χ3v) is 4.82. The second-order valence-corrected chi connectivity index (χ2v) is 6.24. The van der Waals surface area contributed by atoms with Crippen LogP contribution in [0.2, 0.25) is 0 Å². The van der Waals surface area contributed by atoms with E-state index in [1.807, 2.05) is 12.3 Å². The van der Waals surface area contributed by atoms with E-state index in [1.165, 1.54) is 0 Å². The highest BCUT2D eigenvalue weighted by Crippen LogP contribution is 2.42. The molecule has 1 aromatic heterocycles. The molecule has 1 fully saturated rings. The van der Waals surface area contributed by atoms with Crippen LogP contribution in [0, 0.1) is 6.92 Å². The molecule has 0 bridgehead atoms. The summed E-state index contributed by atoms with van der Waals surface area (Å²) in [6.07, 6.45) is 4.68. The Morgan fingerprint density at radius 1 is 1.40 bits per heavy atom. The van der Waals surface area contributed by atoms with Gasteiger partial charge in [0, 0.05) is 23.9 Å². The monoisotopic (exact) mass is 296 g/mol. The minimum absolute atomic E-state index is 0.00272. The Kier molecular flexibility index (Phi) is 4.75. The van der Waals surface area contributed by atoms with Gasteiger partial charge in [0.1, 0.15) is 5.01 Å².